The lowest BCUT2D eigenvalue weighted by Gasteiger charge is -2.35. The fourth-order valence-electron chi connectivity index (χ4n) is 3.42. The molecule has 0 bridgehead atoms. The summed E-state index contributed by atoms with van der Waals surface area (Å²) in [7, 11) is 0. The van der Waals surface area contributed by atoms with Gasteiger partial charge in [0.15, 0.2) is 0 Å². The van der Waals surface area contributed by atoms with E-state index in [0.717, 1.165) is 57.5 Å². The van der Waals surface area contributed by atoms with Crippen molar-refractivity contribution in [3.8, 4) is 6.07 Å². The molecule has 2 aliphatic rings. The fourth-order valence-corrected chi connectivity index (χ4v) is 3.42. The van der Waals surface area contributed by atoms with E-state index in [2.05, 4.69) is 10.2 Å². The van der Waals surface area contributed by atoms with E-state index in [-0.39, 0.29) is 23.3 Å². The molecule has 0 unspecified atom stereocenters. The summed E-state index contributed by atoms with van der Waals surface area (Å²) in [6.45, 7) is 2.98. The Bertz CT molecular complexity index is 666. The number of rotatable bonds is 4. The highest BCUT2D eigenvalue weighted by Crippen LogP contribution is 2.19. The number of nitrogens with zero attached hydrogens (tertiary/aromatic N) is 3. The van der Waals surface area contributed by atoms with E-state index in [1.807, 2.05) is 11.0 Å². The lowest BCUT2D eigenvalue weighted by atomic mass is 10.2. The minimum Gasteiger partial charge on any atom is -0.373 e. The molecule has 1 aliphatic heterocycles. The molecule has 3 rings (SSSR count). The second-order valence-electron chi connectivity index (χ2n) is 6.61. The first-order valence-electron chi connectivity index (χ1n) is 8.83. The third-order valence-corrected chi connectivity index (χ3v) is 4.87. The highest BCUT2D eigenvalue weighted by atomic mass is 19.1. The molecular formula is C19H23FN4O. The van der Waals surface area contributed by atoms with Crippen LogP contribution in [0.5, 0.6) is 0 Å². The summed E-state index contributed by atoms with van der Waals surface area (Å²) in [5.41, 5.74) is 1.16. The number of halogens is 1. The van der Waals surface area contributed by atoms with Gasteiger partial charge in [-0.2, -0.15) is 5.26 Å². The number of benzene rings is 1. The Morgan fingerprint density at radius 3 is 2.40 bits per heavy atom. The molecule has 1 heterocycles. The Kier molecular flexibility index (Phi) is 5.54. The van der Waals surface area contributed by atoms with Gasteiger partial charge in [0.2, 0.25) is 0 Å². The summed E-state index contributed by atoms with van der Waals surface area (Å²) in [5.74, 6) is -0.507. The van der Waals surface area contributed by atoms with E-state index in [1.54, 1.807) is 18.3 Å². The lowest BCUT2D eigenvalue weighted by Crippen LogP contribution is -2.44. The number of hydrogen-bond donors (Lipinski definition) is 1. The van der Waals surface area contributed by atoms with Gasteiger partial charge in [0.25, 0.3) is 5.91 Å². The van der Waals surface area contributed by atoms with Gasteiger partial charge >= 0.3 is 0 Å². The second kappa shape index (κ2) is 8.02. The maximum Gasteiger partial charge on any atom is 0.263 e. The molecule has 0 radical (unpaired) electrons. The van der Waals surface area contributed by atoms with E-state index < -0.39 is 0 Å². The zero-order valence-electron chi connectivity index (χ0n) is 14.2. The van der Waals surface area contributed by atoms with Gasteiger partial charge in [-0.15, -0.1) is 0 Å². The van der Waals surface area contributed by atoms with Crippen molar-refractivity contribution in [1.82, 2.24) is 10.2 Å². The molecule has 0 atom stereocenters. The molecule has 1 saturated heterocycles. The van der Waals surface area contributed by atoms with E-state index in [9.17, 15) is 14.4 Å². The van der Waals surface area contributed by atoms with Gasteiger partial charge in [-0.25, -0.2) is 4.39 Å². The van der Waals surface area contributed by atoms with Crippen LogP contribution in [-0.4, -0.2) is 43.0 Å². The number of piperazine rings is 1. The average Bonchev–Trinajstić information content (AvgIpc) is 3.14. The van der Waals surface area contributed by atoms with Crippen LogP contribution in [0.3, 0.4) is 0 Å². The molecule has 1 amide bonds. The lowest BCUT2D eigenvalue weighted by molar-refractivity contribution is -0.117. The molecule has 1 aromatic rings. The van der Waals surface area contributed by atoms with E-state index >= 15 is 0 Å². The fraction of sp³-hybridized carbons (Fsp3) is 0.474. The number of carbonyl (C=O) groups is 1. The number of carbonyl (C=O) groups excluding carboxylic acids is 1. The van der Waals surface area contributed by atoms with Crippen molar-refractivity contribution in [2.24, 2.45) is 0 Å². The molecule has 0 aromatic heterocycles. The maximum atomic E-state index is 13.0. The van der Waals surface area contributed by atoms with Crippen LogP contribution in [0.2, 0.25) is 0 Å². The van der Waals surface area contributed by atoms with Crippen LogP contribution in [0.25, 0.3) is 0 Å². The van der Waals surface area contributed by atoms with Crippen LogP contribution >= 0.6 is 0 Å². The van der Waals surface area contributed by atoms with Gasteiger partial charge in [-0.05, 0) is 37.1 Å². The van der Waals surface area contributed by atoms with E-state index in [1.165, 1.54) is 12.1 Å². The third-order valence-electron chi connectivity index (χ3n) is 4.87. The molecule has 6 heteroatoms. The first-order chi connectivity index (χ1) is 12.2. The molecule has 1 saturated carbocycles. The van der Waals surface area contributed by atoms with Gasteiger partial charge in [-0.1, -0.05) is 12.8 Å². The zero-order valence-corrected chi connectivity index (χ0v) is 14.2. The number of amides is 1. The number of nitrogens with one attached hydrogen (secondary N) is 1. The molecular weight excluding hydrogens is 319 g/mol. The minimum atomic E-state index is -0.268. The first kappa shape index (κ1) is 17.3. The third kappa shape index (κ3) is 4.50. The summed E-state index contributed by atoms with van der Waals surface area (Å²) in [6.07, 6.45) is 5.96. The van der Waals surface area contributed by atoms with Crippen molar-refractivity contribution < 1.29 is 9.18 Å². The van der Waals surface area contributed by atoms with Crippen LogP contribution in [0.4, 0.5) is 10.1 Å². The van der Waals surface area contributed by atoms with Gasteiger partial charge in [0.05, 0.1) is 0 Å². The zero-order chi connectivity index (χ0) is 17.6. The Morgan fingerprint density at radius 2 is 1.80 bits per heavy atom. The molecule has 5 nitrogen and oxygen atoms in total. The largest absolute Gasteiger partial charge is 0.373 e. The van der Waals surface area contributed by atoms with Gasteiger partial charge in [0.1, 0.15) is 17.5 Å². The number of hydrogen-bond acceptors (Lipinski definition) is 4. The quantitative estimate of drug-likeness (QED) is 0.674. The summed E-state index contributed by atoms with van der Waals surface area (Å²) in [6, 6.07) is 8.70. The molecule has 2 fully saturated rings. The van der Waals surface area contributed by atoms with E-state index in [4.69, 9.17) is 0 Å². The summed E-state index contributed by atoms with van der Waals surface area (Å²) in [5, 5.41) is 12.3. The smallest absolute Gasteiger partial charge is 0.263 e. The molecule has 1 N–H and O–H groups in total. The van der Waals surface area contributed by atoms with Crippen molar-refractivity contribution in [3.05, 3.63) is 41.9 Å². The Morgan fingerprint density at radius 1 is 1.16 bits per heavy atom. The maximum absolute atomic E-state index is 13.0. The van der Waals surface area contributed by atoms with E-state index in [0.29, 0.717) is 0 Å². The Labute approximate surface area is 147 Å². The van der Waals surface area contributed by atoms with Crippen LogP contribution < -0.4 is 10.2 Å². The predicted molar refractivity (Wildman–Crippen MR) is 94.3 cm³/mol. The highest BCUT2D eigenvalue weighted by Gasteiger charge is 2.21. The number of nitriles is 1. The second-order valence-corrected chi connectivity index (χ2v) is 6.61. The average molecular weight is 342 g/mol. The molecule has 0 spiro atoms. The van der Waals surface area contributed by atoms with Crippen molar-refractivity contribution in [1.29, 1.82) is 5.26 Å². The number of anilines is 1. The van der Waals surface area contributed by atoms with Gasteiger partial charge in [0, 0.05) is 44.1 Å². The molecule has 132 valence electrons. The van der Waals surface area contributed by atoms with Crippen LogP contribution in [0.1, 0.15) is 25.7 Å². The van der Waals surface area contributed by atoms with Crippen LogP contribution in [-0.2, 0) is 4.79 Å². The summed E-state index contributed by atoms with van der Waals surface area (Å²) in [4.78, 5) is 16.4. The van der Waals surface area contributed by atoms with Crippen LogP contribution in [0.15, 0.2) is 36.0 Å². The Hall–Kier alpha value is -2.55. The van der Waals surface area contributed by atoms with Crippen molar-refractivity contribution in [2.75, 3.05) is 31.1 Å². The first-order valence-corrected chi connectivity index (χ1v) is 8.83. The molecule has 1 aliphatic carbocycles. The van der Waals surface area contributed by atoms with Crippen molar-refractivity contribution in [2.45, 2.75) is 31.7 Å². The standard InChI is InChI=1S/C19H23FN4O/c20-16-5-7-18(8-6-16)24-11-9-23(10-12-24)14-15(13-21)19(25)22-17-3-1-2-4-17/h5-8,14,17H,1-4,9-12H2,(H,22,25)/b15-14-. The molecule has 25 heavy (non-hydrogen) atoms. The van der Waals surface area contributed by atoms with Crippen molar-refractivity contribution in [3.63, 3.8) is 0 Å². The highest BCUT2D eigenvalue weighted by molar-refractivity contribution is 5.97. The van der Waals surface area contributed by atoms with Crippen molar-refractivity contribution >= 4 is 11.6 Å². The van der Waals surface area contributed by atoms with Gasteiger partial charge in [-0.3, -0.25) is 4.79 Å². The van der Waals surface area contributed by atoms with Crippen LogP contribution in [0, 0.1) is 17.1 Å². The molecule has 1 aromatic carbocycles. The summed E-state index contributed by atoms with van der Waals surface area (Å²) < 4.78 is 13.0. The van der Waals surface area contributed by atoms with Gasteiger partial charge < -0.3 is 15.1 Å². The predicted octanol–water partition coefficient (Wildman–Crippen LogP) is 2.41. The topological polar surface area (TPSA) is 59.4 Å². The summed E-state index contributed by atoms with van der Waals surface area (Å²) >= 11 is 0. The monoisotopic (exact) mass is 342 g/mol. The minimum absolute atomic E-state index is 0.169. The Balaban J connectivity index is 1.55. The normalized spacial score (nSPS) is 19.0. The SMILES string of the molecule is N#C/C(=C/N1CCN(c2ccc(F)cc2)CC1)C(=O)NC1CCCC1.